The van der Waals surface area contributed by atoms with Crippen LogP contribution in [0.4, 0.5) is 23.4 Å². The molecule has 1 aromatic heterocycles. The van der Waals surface area contributed by atoms with Crippen LogP contribution in [0.25, 0.3) is 0 Å². The number of ether oxygens (including phenoxy) is 2. The fourth-order valence-corrected chi connectivity index (χ4v) is 3.99. The number of alkyl halides is 3. The highest BCUT2D eigenvalue weighted by atomic mass is 19.4. The van der Waals surface area contributed by atoms with Crippen molar-refractivity contribution in [3.8, 4) is 11.6 Å². The summed E-state index contributed by atoms with van der Waals surface area (Å²) in [5.74, 6) is -1.96. The Morgan fingerprint density at radius 3 is 2.46 bits per heavy atom. The molecule has 9 nitrogen and oxygen atoms in total. The number of nitrogens with one attached hydrogen (secondary N) is 2. The number of hydrogen-bond acceptors (Lipinski definition) is 7. The molecule has 0 bridgehead atoms. The van der Waals surface area contributed by atoms with E-state index in [2.05, 4.69) is 15.6 Å². The lowest BCUT2D eigenvalue weighted by Gasteiger charge is -2.48. The summed E-state index contributed by atoms with van der Waals surface area (Å²) in [6.07, 6.45) is -3.29. The quantitative estimate of drug-likeness (QED) is 0.471. The van der Waals surface area contributed by atoms with Gasteiger partial charge in [0, 0.05) is 12.1 Å². The Hall–Kier alpha value is -3.61. The predicted molar refractivity (Wildman–Crippen MR) is 125 cm³/mol. The molecule has 37 heavy (non-hydrogen) atoms. The van der Waals surface area contributed by atoms with Gasteiger partial charge in [-0.2, -0.15) is 18.2 Å². The van der Waals surface area contributed by atoms with Crippen molar-refractivity contribution < 1.29 is 41.7 Å². The standard InChI is InChI=1S/C22H27FN4O3.C2HF3O2/c1-22(30-16-7-4-3-5-8-16)13-27(14-22)19-17(23)11-15(21(26-19)29-2)12-25-20(28)18-9-6-10-24-18;3-2(4,5)1(6)7/h3-5,7-8,11,18,24H,6,9-10,12-14H2,1-2H3,(H,25,28);(H,6,7). The number of carbonyl (C=O) groups is 2. The SMILES string of the molecule is COc1nc(N2CC(C)(Oc3ccccc3)C2)c(F)cc1CNC(=O)C1CCCN1.O=C(O)C(F)(F)F. The second kappa shape index (κ2) is 11.6. The molecule has 1 amide bonds. The van der Waals surface area contributed by atoms with Crippen LogP contribution in [0, 0.1) is 5.82 Å². The van der Waals surface area contributed by atoms with Crippen LogP contribution in [0.3, 0.4) is 0 Å². The first-order valence-electron chi connectivity index (χ1n) is 11.5. The Labute approximate surface area is 210 Å². The molecule has 3 heterocycles. The molecule has 0 saturated carbocycles. The number of halogens is 4. The van der Waals surface area contributed by atoms with Crippen LogP contribution < -0.4 is 25.0 Å². The fourth-order valence-electron chi connectivity index (χ4n) is 3.99. The lowest BCUT2D eigenvalue weighted by atomic mass is 9.96. The first-order chi connectivity index (χ1) is 17.4. The highest BCUT2D eigenvalue weighted by Crippen LogP contribution is 2.34. The van der Waals surface area contributed by atoms with E-state index < -0.39 is 23.6 Å². The highest BCUT2D eigenvalue weighted by molar-refractivity contribution is 5.82. The van der Waals surface area contributed by atoms with Crippen molar-refractivity contribution in [1.82, 2.24) is 15.6 Å². The third kappa shape index (κ3) is 7.44. The normalized spacial score (nSPS) is 18.2. The van der Waals surface area contributed by atoms with E-state index in [-0.39, 0.29) is 24.3 Å². The maximum atomic E-state index is 14.8. The van der Waals surface area contributed by atoms with Crippen LogP contribution in [0.5, 0.6) is 11.6 Å². The van der Waals surface area contributed by atoms with E-state index >= 15 is 0 Å². The van der Waals surface area contributed by atoms with Gasteiger partial charge < -0.3 is 30.1 Å². The van der Waals surface area contributed by atoms with Gasteiger partial charge in [-0.05, 0) is 44.5 Å². The van der Waals surface area contributed by atoms with E-state index in [1.54, 1.807) is 0 Å². The van der Waals surface area contributed by atoms with Gasteiger partial charge in [0.05, 0.1) is 26.2 Å². The Balaban J connectivity index is 0.000000479. The monoisotopic (exact) mass is 528 g/mol. The molecule has 0 aliphatic carbocycles. The van der Waals surface area contributed by atoms with Gasteiger partial charge >= 0.3 is 12.1 Å². The maximum absolute atomic E-state index is 14.8. The van der Waals surface area contributed by atoms with Crippen molar-refractivity contribution in [3.05, 3.63) is 47.8 Å². The molecule has 2 aliphatic heterocycles. The molecular formula is C24H28F4N4O5. The summed E-state index contributed by atoms with van der Waals surface area (Å²) < 4.78 is 58.0. The van der Waals surface area contributed by atoms with Gasteiger partial charge in [0.25, 0.3) is 0 Å². The lowest BCUT2D eigenvalue weighted by molar-refractivity contribution is -0.192. The Morgan fingerprint density at radius 2 is 1.92 bits per heavy atom. The van der Waals surface area contributed by atoms with Crippen molar-refractivity contribution in [2.24, 2.45) is 0 Å². The number of nitrogens with zero attached hydrogens (tertiary/aromatic N) is 2. The van der Waals surface area contributed by atoms with E-state index in [4.69, 9.17) is 19.4 Å². The molecule has 2 fully saturated rings. The smallest absolute Gasteiger partial charge is 0.484 e. The number of para-hydroxylation sites is 1. The molecule has 4 rings (SSSR count). The minimum Gasteiger partial charge on any atom is -0.484 e. The molecule has 202 valence electrons. The predicted octanol–water partition coefficient (Wildman–Crippen LogP) is 2.89. The molecule has 2 aromatic rings. The summed E-state index contributed by atoms with van der Waals surface area (Å²) in [6, 6.07) is 10.8. The Bertz CT molecular complexity index is 1090. The van der Waals surface area contributed by atoms with Crippen molar-refractivity contribution in [1.29, 1.82) is 0 Å². The van der Waals surface area contributed by atoms with Crippen LogP contribution in [0.2, 0.25) is 0 Å². The van der Waals surface area contributed by atoms with Crippen LogP contribution in [-0.4, -0.2) is 66.5 Å². The van der Waals surface area contributed by atoms with Gasteiger partial charge in [0.15, 0.2) is 11.6 Å². The molecule has 3 N–H and O–H groups in total. The van der Waals surface area contributed by atoms with Crippen LogP contribution in [0.15, 0.2) is 36.4 Å². The van der Waals surface area contributed by atoms with Crippen molar-refractivity contribution in [2.45, 2.75) is 44.1 Å². The third-order valence-corrected chi connectivity index (χ3v) is 5.72. The number of pyridine rings is 1. The summed E-state index contributed by atoms with van der Waals surface area (Å²) in [5.41, 5.74) is 0.0952. The number of benzene rings is 1. The van der Waals surface area contributed by atoms with E-state index in [0.717, 1.165) is 25.1 Å². The number of carbonyl (C=O) groups excluding carboxylic acids is 1. The first kappa shape index (κ1) is 28.0. The summed E-state index contributed by atoms with van der Waals surface area (Å²) in [7, 11) is 1.49. The average molecular weight is 529 g/mol. The number of amides is 1. The van der Waals surface area contributed by atoms with Crippen LogP contribution in [-0.2, 0) is 16.1 Å². The van der Waals surface area contributed by atoms with Crippen molar-refractivity contribution >= 4 is 17.7 Å². The zero-order valence-electron chi connectivity index (χ0n) is 20.3. The lowest BCUT2D eigenvalue weighted by Crippen LogP contribution is -2.63. The fraction of sp³-hybridized carbons (Fsp3) is 0.458. The number of methoxy groups -OCH3 is 1. The van der Waals surface area contributed by atoms with Gasteiger partial charge in [-0.1, -0.05) is 18.2 Å². The molecule has 1 aromatic carbocycles. The second-order valence-corrected chi connectivity index (χ2v) is 8.85. The third-order valence-electron chi connectivity index (χ3n) is 5.72. The molecule has 2 saturated heterocycles. The van der Waals surface area contributed by atoms with Crippen molar-refractivity contribution in [3.63, 3.8) is 0 Å². The highest BCUT2D eigenvalue weighted by Gasteiger charge is 2.43. The van der Waals surface area contributed by atoms with Crippen LogP contribution >= 0.6 is 0 Å². The van der Waals surface area contributed by atoms with Crippen LogP contribution in [0.1, 0.15) is 25.3 Å². The number of aliphatic carboxylic acids is 1. The number of anilines is 1. The zero-order chi connectivity index (χ0) is 27.2. The molecule has 2 aliphatic rings. The topological polar surface area (TPSA) is 113 Å². The molecule has 0 spiro atoms. The van der Waals surface area contributed by atoms with Gasteiger partial charge in [-0.15, -0.1) is 0 Å². The van der Waals surface area contributed by atoms with Gasteiger partial charge in [-0.25, -0.2) is 9.18 Å². The largest absolute Gasteiger partial charge is 0.490 e. The summed E-state index contributed by atoms with van der Waals surface area (Å²) in [6.45, 7) is 4.03. The summed E-state index contributed by atoms with van der Waals surface area (Å²) in [4.78, 5) is 27.3. The zero-order valence-corrected chi connectivity index (χ0v) is 20.3. The minimum atomic E-state index is -5.08. The second-order valence-electron chi connectivity index (χ2n) is 8.85. The molecule has 0 radical (unpaired) electrons. The van der Waals surface area contributed by atoms with E-state index in [1.807, 2.05) is 42.2 Å². The summed E-state index contributed by atoms with van der Waals surface area (Å²) >= 11 is 0. The minimum absolute atomic E-state index is 0.0874. The number of carboxylic acid groups (broad SMARTS) is 1. The first-order valence-corrected chi connectivity index (χ1v) is 11.5. The maximum Gasteiger partial charge on any atom is 0.490 e. The number of hydrogen-bond donors (Lipinski definition) is 3. The van der Waals surface area contributed by atoms with E-state index in [0.29, 0.717) is 24.5 Å². The van der Waals surface area contributed by atoms with E-state index in [1.165, 1.54) is 13.2 Å². The van der Waals surface area contributed by atoms with E-state index in [9.17, 15) is 22.4 Å². The molecule has 13 heteroatoms. The Kier molecular flexibility index (Phi) is 8.79. The molecule has 1 atom stereocenters. The van der Waals surface area contributed by atoms with Gasteiger partial charge in [0.2, 0.25) is 11.8 Å². The number of carboxylic acids is 1. The average Bonchev–Trinajstić information content (AvgIpc) is 3.37. The number of aromatic nitrogens is 1. The van der Waals surface area contributed by atoms with Gasteiger partial charge in [0.1, 0.15) is 11.4 Å². The van der Waals surface area contributed by atoms with Gasteiger partial charge in [-0.3, -0.25) is 4.79 Å². The molecular weight excluding hydrogens is 500 g/mol. The van der Waals surface area contributed by atoms with Crippen molar-refractivity contribution in [2.75, 3.05) is 31.6 Å². The number of rotatable bonds is 7. The Morgan fingerprint density at radius 1 is 1.27 bits per heavy atom. The molecule has 1 unspecified atom stereocenters. The summed E-state index contributed by atoms with van der Waals surface area (Å²) in [5, 5.41) is 13.1.